The quantitative estimate of drug-likeness (QED) is 0.769. The Balaban J connectivity index is 1.57. The lowest BCUT2D eigenvalue weighted by Gasteiger charge is -2.16. The topological polar surface area (TPSA) is 67.2 Å². The lowest BCUT2D eigenvalue weighted by atomic mass is 10.0. The number of anilines is 2. The molecule has 2 N–H and O–H groups in total. The van der Waals surface area contributed by atoms with Crippen LogP contribution in [-0.2, 0) is 17.6 Å². The standard InChI is InChI=1S/C19H19N3O2/c1-11-10-17(22-24-11)21-19(23)12(2)20-16-9-8-14-7-6-13-4-3-5-15(16)18(13)14/h3-5,8-10,12,20H,6-7H2,1-2H3,(H,21,22,23)/t12-/m0/s1. The molecule has 5 heteroatoms. The molecule has 0 aliphatic heterocycles. The predicted octanol–water partition coefficient (Wildman–Crippen LogP) is 3.67. The van der Waals surface area contributed by atoms with E-state index < -0.39 is 0 Å². The molecule has 1 aliphatic carbocycles. The molecule has 1 atom stereocenters. The number of benzene rings is 2. The minimum absolute atomic E-state index is 0.147. The molecule has 0 bridgehead atoms. The van der Waals surface area contributed by atoms with E-state index in [2.05, 4.69) is 46.1 Å². The second-order valence-electron chi connectivity index (χ2n) is 6.29. The van der Waals surface area contributed by atoms with Crippen LogP contribution in [0.3, 0.4) is 0 Å². The monoisotopic (exact) mass is 321 g/mol. The van der Waals surface area contributed by atoms with Crippen molar-refractivity contribution in [1.82, 2.24) is 5.16 Å². The maximum Gasteiger partial charge on any atom is 0.247 e. The summed E-state index contributed by atoms with van der Waals surface area (Å²) in [6.07, 6.45) is 2.19. The summed E-state index contributed by atoms with van der Waals surface area (Å²) in [7, 11) is 0. The molecule has 0 fully saturated rings. The van der Waals surface area contributed by atoms with Crippen molar-refractivity contribution in [1.29, 1.82) is 0 Å². The second kappa shape index (κ2) is 5.67. The van der Waals surface area contributed by atoms with Gasteiger partial charge in [0.15, 0.2) is 5.82 Å². The molecule has 2 aromatic carbocycles. The van der Waals surface area contributed by atoms with Gasteiger partial charge in [-0.15, -0.1) is 0 Å². The third-order valence-corrected chi connectivity index (χ3v) is 4.52. The van der Waals surface area contributed by atoms with Crippen molar-refractivity contribution >= 4 is 28.2 Å². The van der Waals surface area contributed by atoms with Crippen molar-refractivity contribution in [2.45, 2.75) is 32.7 Å². The maximum absolute atomic E-state index is 12.4. The Labute approximate surface area is 140 Å². The number of nitrogens with one attached hydrogen (secondary N) is 2. The van der Waals surface area contributed by atoms with Gasteiger partial charge in [0.05, 0.1) is 0 Å². The van der Waals surface area contributed by atoms with E-state index in [-0.39, 0.29) is 11.9 Å². The second-order valence-corrected chi connectivity index (χ2v) is 6.29. The molecule has 5 nitrogen and oxygen atoms in total. The molecule has 3 aromatic rings. The van der Waals surface area contributed by atoms with Crippen LogP contribution in [0.25, 0.3) is 10.8 Å². The summed E-state index contributed by atoms with van der Waals surface area (Å²) in [5, 5.41) is 12.4. The minimum atomic E-state index is -0.388. The molecular weight excluding hydrogens is 302 g/mol. The van der Waals surface area contributed by atoms with Gasteiger partial charge in [0.1, 0.15) is 11.8 Å². The maximum atomic E-state index is 12.4. The van der Waals surface area contributed by atoms with E-state index in [1.165, 1.54) is 21.9 Å². The average Bonchev–Trinajstić information content (AvgIpc) is 3.17. The van der Waals surface area contributed by atoms with Crippen LogP contribution in [0.5, 0.6) is 0 Å². The largest absolute Gasteiger partial charge is 0.373 e. The summed E-state index contributed by atoms with van der Waals surface area (Å²) in [5.74, 6) is 0.955. The molecule has 0 saturated carbocycles. The van der Waals surface area contributed by atoms with Crippen molar-refractivity contribution < 1.29 is 9.32 Å². The van der Waals surface area contributed by atoms with Crippen LogP contribution in [0, 0.1) is 6.92 Å². The van der Waals surface area contributed by atoms with E-state index in [1.807, 2.05) is 6.92 Å². The third-order valence-electron chi connectivity index (χ3n) is 4.52. The average molecular weight is 321 g/mol. The van der Waals surface area contributed by atoms with Crippen LogP contribution < -0.4 is 10.6 Å². The van der Waals surface area contributed by atoms with Gasteiger partial charge < -0.3 is 15.2 Å². The molecule has 4 rings (SSSR count). The van der Waals surface area contributed by atoms with Crippen molar-refractivity contribution in [3.05, 3.63) is 53.3 Å². The van der Waals surface area contributed by atoms with Gasteiger partial charge in [0, 0.05) is 17.1 Å². The first-order valence-electron chi connectivity index (χ1n) is 8.16. The van der Waals surface area contributed by atoms with E-state index in [0.717, 1.165) is 18.5 Å². The van der Waals surface area contributed by atoms with Crippen molar-refractivity contribution in [2.75, 3.05) is 10.6 Å². The molecule has 0 saturated heterocycles. The van der Waals surface area contributed by atoms with Crippen molar-refractivity contribution in [3.63, 3.8) is 0 Å². The van der Waals surface area contributed by atoms with Gasteiger partial charge >= 0.3 is 0 Å². The lowest BCUT2D eigenvalue weighted by molar-refractivity contribution is -0.116. The molecular formula is C19H19N3O2. The number of aryl methyl sites for hydroxylation is 3. The molecule has 1 heterocycles. The zero-order valence-electron chi connectivity index (χ0n) is 13.7. The van der Waals surface area contributed by atoms with Crippen LogP contribution in [-0.4, -0.2) is 17.1 Å². The Morgan fingerprint density at radius 3 is 2.75 bits per heavy atom. The van der Waals surface area contributed by atoms with Crippen LogP contribution >= 0.6 is 0 Å². The molecule has 24 heavy (non-hydrogen) atoms. The van der Waals surface area contributed by atoms with Gasteiger partial charge in [-0.2, -0.15) is 0 Å². The number of carbonyl (C=O) groups excluding carboxylic acids is 1. The smallest absolute Gasteiger partial charge is 0.247 e. The SMILES string of the molecule is Cc1cc(NC(=O)[C@H](C)Nc2ccc3c4c(cccc24)CC3)no1. The number of carbonyl (C=O) groups is 1. The summed E-state index contributed by atoms with van der Waals surface area (Å²) in [5.41, 5.74) is 3.76. The highest BCUT2D eigenvalue weighted by Gasteiger charge is 2.19. The summed E-state index contributed by atoms with van der Waals surface area (Å²) < 4.78 is 4.97. The van der Waals surface area contributed by atoms with E-state index in [1.54, 1.807) is 13.0 Å². The van der Waals surface area contributed by atoms with Crippen LogP contribution in [0.4, 0.5) is 11.5 Å². The van der Waals surface area contributed by atoms with E-state index >= 15 is 0 Å². The molecule has 0 spiro atoms. The van der Waals surface area contributed by atoms with Crippen LogP contribution in [0.2, 0.25) is 0 Å². The van der Waals surface area contributed by atoms with Gasteiger partial charge in [-0.1, -0.05) is 29.4 Å². The third kappa shape index (κ3) is 2.52. The molecule has 1 amide bonds. The van der Waals surface area contributed by atoms with Crippen LogP contribution in [0.1, 0.15) is 23.8 Å². The fourth-order valence-electron chi connectivity index (χ4n) is 3.33. The minimum Gasteiger partial charge on any atom is -0.373 e. The first-order valence-corrected chi connectivity index (χ1v) is 8.16. The van der Waals surface area contributed by atoms with E-state index in [9.17, 15) is 4.79 Å². The Morgan fingerprint density at radius 2 is 2.00 bits per heavy atom. The summed E-state index contributed by atoms with van der Waals surface area (Å²) in [4.78, 5) is 12.4. The van der Waals surface area contributed by atoms with Crippen molar-refractivity contribution in [3.8, 4) is 0 Å². The normalized spacial score (nSPS) is 13.9. The highest BCUT2D eigenvalue weighted by Crippen LogP contribution is 2.35. The van der Waals surface area contributed by atoms with Gasteiger partial charge in [-0.25, -0.2) is 0 Å². The number of nitrogens with zero attached hydrogens (tertiary/aromatic N) is 1. The predicted molar refractivity (Wildman–Crippen MR) is 94.3 cm³/mol. The number of amides is 1. The number of aromatic nitrogens is 1. The van der Waals surface area contributed by atoms with E-state index in [4.69, 9.17) is 4.52 Å². The van der Waals surface area contributed by atoms with E-state index in [0.29, 0.717) is 11.6 Å². The highest BCUT2D eigenvalue weighted by atomic mass is 16.5. The molecule has 0 radical (unpaired) electrons. The Hall–Kier alpha value is -2.82. The fraction of sp³-hybridized carbons (Fsp3) is 0.263. The highest BCUT2D eigenvalue weighted by molar-refractivity contribution is 6.02. The number of rotatable bonds is 4. The van der Waals surface area contributed by atoms with Gasteiger partial charge in [0.25, 0.3) is 0 Å². The summed E-state index contributed by atoms with van der Waals surface area (Å²) in [6, 6.07) is 11.9. The van der Waals surface area contributed by atoms with Gasteiger partial charge in [0.2, 0.25) is 5.91 Å². The van der Waals surface area contributed by atoms with Gasteiger partial charge in [-0.3, -0.25) is 4.79 Å². The molecule has 1 aromatic heterocycles. The summed E-state index contributed by atoms with van der Waals surface area (Å²) in [6.45, 7) is 3.63. The molecule has 122 valence electrons. The Kier molecular flexibility index (Phi) is 3.49. The number of hydrogen-bond donors (Lipinski definition) is 2. The van der Waals surface area contributed by atoms with Crippen molar-refractivity contribution in [2.24, 2.45) is 0 Å². The molecule has 0 unspecified atom stereocenters. The Bertz CT molecular complexity index is 919. The van der Waals surface area contributed by atoms with Crippen LogP contribution in [0.15, 0.2) is 40.9 Å². The molecule has 1 aliphatic rings. The zero-order valence-corrected chi connectivity index (χ0v) is 13.7. The first kappa shape index (κ1) is 14.8. The van der Waals surface area contributed by atoms with Gasteiger partial charge in [-0.05, 0) is 49.3 Å². The lowest BCUT2D eigenvalue weighted by Crippen LogP contribution is -2.32. The fourth-order valence-corrected chi connectivity index (χ4v) is 3.33. The summed E-state index contributed by atoms with van der Waals surface area (Å²) >= 11 is 0. The Morgan fingerprint density at radius 1 is 1.21 bits per heavy atom. The number of hydrogen-bond acceptors (Lipinski definition) is 4. The zero-order chi connectivity index (χ0) is 16.7. The first-order chi connectivity index (χ1) is 11.6.